The first-order valence-corrected chi connectivity index (χ1v) is 8.82. The fourth-order valence-electron chi connectivity index (χ4n) is 3.13. The van der Waals surface area contributed by atoms with E-state index < -0.39 is 0 Å². The second-order valence-electron chi connectivity index (χ2n) is 6.79. The van der Waals surface area contributed by atoms with Crippen molar-refractivity contribution in [3.8, 4) is 0 Å². The third-order valence-corrected chi connectivity index (χ3v) is 4.86. The van der Waals surface area contributed by atoms with E-state index in [0.29, 0.717) is 17.2 Å². The molecule has 4 heteroatoms. The highest BCUT2D eigenvalue weighted by atomic mass is 16.2. The van der Waals surface area contributed by atoms with Crippen LogP contribution in [-0.2, 0) is 0 Å². The first-order valence-electron chi connectivity index (χ1n) is 8.82. The molecule has 1 aliphatic carbocycles. The van der Waals surface area contributed by atoms with Crippen molar-refractivity contribution in [3.63, 3.8) is 0 Å². The van der Waals surface area contributed by atoms with Crippen molar-refractivity contribution in [1.82, 2.24) is 5.32 Å². The first-order chi connectivity index (χ1) is 12.0. The van der Waals surface area contributed by atoms with Crippen LogP contribution in [-0.4, -0.2) is 17.9 Å². The SMILES string of the molecule is Cc1ccc(NC(=O)c2ccc(C(=O)NC3CCCC3)cc2)cc1C. The van der Waals surface area contributed by atoms with E-state index in [9.17, 15) is 9.59 Å². The Balaban J connectivity index is 1.63. The van der Waals surface area contributed by atoms with Gasteiger partial charge in [0, 0.05) is 22.9 Å². The number of carbonyl (C=O) groups excluding carboxylic acids is 2. The summed E-state index contributed by atoms with van der Waals surface area (Å²) < 4.78 is 0. The van der Waals surface area contributed by atoms with Crippen LogP contribution in [0.5, 0.6) is 0 Å². The molecular formula is C21H24N2O2. The molecule has 0 radical (unpaired) electrons. The number of hydrogen-bond donors (Lipinski definition) is 2. The Morgan fingerprint density at radius 2 is 1.44 bits per heavy atom. The fraction of sp³-hybridized carbons (Fsp3) is 0.333. The van der Waals surface area contributed by atoms with Crippen LogP contribution >= 0.6 is 0 Å². The van der Waals surface area contributed by atoms with Gasteiger partial charge in [0.15, 0.2) is 0 Å². The molecule has 4 nitrogen and oxygen atoms in total. The molecule has 2 aromatic rings. The highest BCUT2D eigenvalue weighted by Gasteiger charge is 2.18. The molecule has 0 heterocycles. The molecule has 0 bridgehead atoms. The van der Waals surface area contributed by atoms with Gasteiger partial charge in [0.2, 0.25) is 0 Å². The number of rotatable bonds is 4. The number of nitrogens with one attached hydrogen (secondary N) is 2. The summed E-state index contributed by atoms with van der Waals surface area (Å²) in [6.45, 7) is 4.05. The maximum absolute atomic E-state index is 12.4. The quantitative estimate of drug-likeness (QED) is 0.878. The molecule has 1 aliphatic rings. The summed E-state index contributed by atoms with van der Waals surface area (Å²) in [6.07, 6.45) is 4.48. The molecule has 1 saturated carbocycles. The van der Waals surface area contributed by atoms with Gasteiger partial charge in [0.05, 0.1) is 0 Å². The Morgan fingerprint density at radius 3 is 2.04 bits per heavy atom. The zero-order valence-corrected chi connectivity index (χ0v) is 14.8. The largest absolute Gasteiger partial charge is 0.349 e. The number of hydrogen-bond acceptors (Lipinski definition) is 2. The van der Waals surface area contributed by atoms with Crippen LogP contribution in [0.25, 0.3) is 0 Å². The summed E-state index contributed by atoms with van der Waals surface area (Å²) in [5.74, 6) is -0.237. The highest BCUT2D eigenvalue weighted by Crippen LogP contribution is 2.19. The van der Waals surface area contributed by atoms with Crippen LogP contribution in [0.4, 0.5) is 5.69 Å². The summed E-state index contributed by atoms with van der Waals surface area (Å²) in [7, 11) is 0. The molecule has 130 valence electrons. The van der Waals surface area contributed by atoms with Gasteiger partial charge in [-0.2, -0.15) is 0 Å². The molecule has 3 rings (SSSR count). The summed E-state index contributed by atoms with van der Waals surface area (Å²) >= 11 is 0. The Morgan fingerprint density at radius 1 is 0.840 bits per heavy atom. The standard InChI is InChI=1S/C21H24N2O2/c1-14-7-12-19(13-15(14)2)23-21(25)17-10-8-16(9-11-17)20(24)22-18-5-3-4-6-18/h7-13,18H,3-6H2,1-2H3,(H,22,24)(H,23,25). The maximum Gasteiger partial charge on any atom is 0.255 e. The van der Waals surface area contributed by atoms with E-state index in [1.54, 1.807) is 24.3 Å². The molecule has 0 aliphatic heterocycles. The predicted octanol–water partition coefficient (Wildman–Crippen LogP) is 4.23. The molecule has 25 heavy (non-hydrogen) atoms. The van der Waals surface area contributed by atoms with Crippen LogP contribution in [0.15, 0.2) is 42.5 Å². The van der Waals surface area contributed by atoms with Crippen molar-refractivity contribution in [2.75, 3.05) is 5.32 Å². The number of aryl methyl sites for hydroxylation is 2. The molecule has 0 atom stereocenters. The Labute approximate surface area is 148 Å². The topological polar surface area (TPSA) is 58.2 Å². The van der Waals surface area contributed by atoms with E-state index in [-0.39, 0.29) is 11.8 Å². The molecule has 2 aromatic carbocycles. The van der Waals surface area contributed by atoms with Gasteiger partial charge in [-0.3, -0.25) is 9.59 Å². The van der Waals surface area contributed by atoms with Crippen molar-refractivity contribution >= 4 is 17.5 Å². The summed E-state index contributed by atoms with van der Waals surface area (Å²) in [6, 6.07) is 12.9. The van der Waals surface area contributed by atoms with E-state index in [0.717, 1.165) is 24.1 Å². The lowest BCUT2D eigenvalue weighted by atomic mass is 10.1. The zero-order chi connectivity index (χ0) is 17.8. The number of carbonyl (C=O) groups is 2. The van der Waals surface area contributed by atoms with Gasteiger partial charge in [-0.05, 0) is 74.2 Å². The maximum atomic E-state index is 12.4. The molecule has 2 amide bonds. The van der Waals surface area contributed by atoms with E-state index >= 15 is 0 Å². The van der Waals surface area contributed by atoms with Gasteiger partial charge >= 0.3 is 0 Å². The minimum atomic E-state index is -0.175. The van der Waals surface area contributed by atoms with Crippen LogP contribution in [0.1, 0.15) is 57.5 Å². The minimum absolute atomic E-state index is 0.0620. The van der Waals surface area contributed by atoms with E-state index in [1.165, 1.54) is 18.4 Å². The normalized spacial score (nSPS) is 14.3. The molecule has 0 saturated heterocycles. The number of amides is 2. The summed E-state index contributed by atoms with van der Waals surface area (Å²) in [5, 5.41) is 5.95. The van der Waals surface area contributed by atoms with Gasteiger partial charge in [0.1, 0.15) is 0 Å². The van der Waals surface area contributed by atoms with E-state index in [2.05, 4.69) is 10.6 Å². The second-order valence-corrected chi connectivity index (χ2v) is 6.79. The fourth-order valence-corrected chi connectivity index (χ4v) is 3.13. The minimum Gasteiger partial charge on any atom is -0.349 e. The summed E-state index contributed by atoms with van der Waals surface area (Å²) in [5.41, 5.74) is 4.23. The van der Waals surface area contributed by atoms with Gasteiger partial charge in [0.25, 0.3) is 11.8 Å². The lowest BCUT2D eigenvalue weighted by Crippen LogP contribution is -2.32. The third-order valence-electron chi connectivity index (χ3n) is 4.86. The summed E-state index contributed by atoms with van der Waals surface area (Å²) in [4.78, 5) is 24.6. The van der Waals surface area contributed by atoms with Gasteiger partial charge < -0.3 is 10.6 Å². The van der Waals surface area contributed by atoms with Crippen LogP contribution in [0, 0.1) is 13.8 Å². The van der Waals surface area contributed by atoms with Crippen LogP contribution in [0.2, 0.25) is 0 Å². The van der Waals surface area contributed by atoms with E-state index in [1.807, 2.05) is 32.0 Å². The number of benzene rings is 2. The number of anilines is 1. The van der Waals surface area contributed by atoms with E-state index in [4.69, 9.17) is 0 Å². The molecular weight excluding hydrogens is 312 g/mol. The zero-order valence-electron chi connectivity index (χ0n) is 14.8. The lowest BCUT2D eigenvalue weighted by Gasteiger charge is -2.12. The van der Waals surface area contributed by atoms with Gasteiger partial charge in [-0.25, -0.2) is 0 Å². The second kappa shape index (κ2) is 7.51. The van der Waals surface area contributed by atoms with Crippen LogP contribution in [0.3, 0.4) is 0 Å². The molecule has 0 aromatic heterocycles. The molecule has 2 N–H and O–H groups in total. The van der Waals surface area contributed by atoms with Crippen molar-refractivity contribution < 1.29 is 9.59 Å². The van der Waals surface area contributed by atoms with Crippen LogP contribution < -0.4 is 10.6 Å². The molecule has 0 spiro atoms. The highest BCUT2D eigenvalue weighted by molar-refractivity contribution is 6.05. The van der Waals surface area contributed by atoms with Crippen molar-refractivity contribution in [1.29, 1.82) is 0 Å². The van der Waals surface area contributed by atoms with Crippen molar-refractivity contribution in [3.05, 3.63) is 64.7 Å². The lowest BCUT2D eigenvalue weighted by molar-refractivity contribution is 0.0936. The average Bonchev–Trinajstić information content (AvgIpc) is 3.11. The third kappa shape index (κ3) is 4.27. The average molecular weight is 336 g/mol. The van der Waals surface area contributed by atoms with Gasteiger partial charge in [-0.15, -0.1) is 0 Å². The van der Waals surface area contributed by atoms with Gasteiger partial charge in [-0.1, -0.05) is 18.9 Å². The smallest absolute Gasteiger partial charge is 0.255 e. The Hall–Kier alpha value is -2.62. The monoisotopic (exact) mass is 336 g/mol. The van der Waals surface area contributed by atoms with Crippen molar-refractivity contribution in [2.24, 2.45) is 0 Å². The molecule has 1 fully saturated rings. The first kappa shape index (κ1) is 17.2. The predicted molar refractivity (Wildman–Crippen MR) is 100 cm³/mol. The Kier molecular flexibility index (Phi) is 5.17. The van der Waals surface area contributed by atoms with Crippen molar-refractivity contribution in [2.45, 2.75) is 45.6 Å². The Bertz CT molecular complexity index is 775. The molecule has 0 unspecified atom stereocenters.